The third kappa shape index (κ3) is 2.67. The van der Waals surface area contributed by atoms with Gasteiger partial charge in [-0.3, -0.25) is 0 Å². The van der Waals surface area contributed by atoms with Gasteiger partial charge in [0.2, 0.25) is 0 Å². The van der Waals surface area contributed by atoms with E-state index in [1.807, 2.05) is 11.1 Å². The molecular weight excluding hydrogens is 330 g/mol. The van der Waals surface area contributed by atoms with Crippen LogP contribution in [0.4, 0.5) is 0 Å². The fourth-order valence-corrected chi connectivity index (χ4v) is 4.56. The van der Waals surface area contributed by atoms with Crippen molar-refractivity contribution in [3.8, 4) is 5.75 Å². The number of fused-ring (bicyclic) bond motifs is 1. The number of aryl methyl sites for hydroxylation is 4. The van der Waals surface area contributed by atoms with E-state index in [9.17, 15) is 0 Å². The Morgan fingerprint density at radius 3 is 2.15 bits per heavy atom. The molecule has 0 N–H and O–H groups in total. The van der Waals surface area contributed by atoms with Crippen LogP contribution >= 0.6 is 0 Å². The van der Waals surface area contributed by atoms with Gasteiger partial charge < -0.3 is 4.84 Å². The summed E-state index contributed by atoms with van der Waals surface area (Å²) in [6.45, 7) is 2.29. The molecule has 27 heavy (non-hydrogen) atoms. The van der Waals surface area contributed by atoms with Crippen molar-refractivity contribution in [2.24, 2.45) is 0 Å². The van der Waals surface area contributed by atoms with E-state index in [2.05, 4.69) is 74.6 Å². The van der Waals surface area contributed by atoms with Crippen molar-refractivity contribution < 1.29 is 4.84 Å². The van der Waals surface area contributed by atoms with Crippen molar-refractivity contribution >= 4 is 0 Å². The highest BCUT2D eigenvalue weighted by Crippen LogP contribution is 2.46. The van der Waals surface area contributed by atoms with Gasteiger partial charge in [0.05, 0.1) is 0 Å². The summed E-state index contributed by atoms with van der Waals surface area (Å²) in [6.07, 6.45) is 4.25. The molecule has 136 valence electrons. The van der Waals surface area contributed by atoms with E-state index in [0.717, 1.165) is 31.4 Å². The molecule has 0 aromatic heterocycles. The van der Waals surface area contributed by atoms with Crippen LogP contribution in [0.5, 0.6) is 5.75 Å². The average molecular weight is 355 g/mol. The highest BCUT2D eigenvalue weighted by Gasteiger charge is 2.44. The fraction of sp³-hybridized carbons (Fsp3) is 0.280. The zero-order chi connectivity index (χ0) is 18.4. The number of para-hydroxylation sites is 1. The number of hydrogen-bond acceptors (Lipinski definition) is 2. The lowest BCUT2D eigenvalue weighted by atomic mass is 9.79. The summed E-state index contributed by atoms with van der Waals surface area (Å²) in [5.74, 6) is 0.967. The van der Waals surface area contributed by atoms with Crippen LogP contribution in [0.3, 0.4) is 0 Å². The summed E-state index contributed by atoms with van der Waals surface area (Å²) < 4.78 is 0. The first-order valence-corrected chi connectivity index (χ1v) is 9.86. The lowest BCUT2D eigenvalue weighted by Crippen LogP contribution is -2.39. The molecule has 3 aromatic rings. The first-order chi connectivity index (χ1) is 13.1. The molecule has 0 unspecified atom stereocenters. The molecule has 2 heteroatoms. The molecule has 0 spiro atoms. The van der Waals surface area contributed by atoms with E-state index in [1.54, 1.807) is 0 Å². The Morgan fingerprint density at radius 2 is 1.37 bits per heavy atom. The summed E-state index contributed by atoms with van der Waals surface area (Å²) in [7, 11) is 2.05. The standard InChI is InChI=1S/C25H25NO/c1-25(22-5-3-4-6-24(22)27-26(25)2)23-17-20-12-11-18-7-9-19(10-8-18)13-15-21(23)16-14-20/h3-10,14,16-17H,11-13,15H2,1-2H3/t25-/m1/s1. The minimum atomic E-state index is -0.269. The molecule has 4 bridgehead atoms. The molecule has 0 saturated carbocycles. The lowest BCUT2D eigenvalue weighted by molar-refractivity contribution is -0.0732. The molecule has 3 aromatic carbocycles. The third-order valence-corrected chi connectivity index (χ3v) is 6.38. The summed E-state index contributed by atoms with van der Waals surface area (Å²) in [6, 6.07) is 24.7. The number of benzene rings is 3. The van der Waals surface area contributed by atoms with Gasteiger partial charge in [0, 0.05) is 12.6 Å². The van der Waals surface area contributed by atoms with Crippen molar-refractivity contribution in [2.75, 3.05) is 7.05 Å². The number of nitrogens with zero attached hydrogens (tertiary/aromatic N) is 1. The zero-order valence-corrected chi connectivity index (χ0v) is 16.0. The molecule has 0 saturated heterocycles. The maximum absolute atomic E-state index is 6.12. The van der Waals surface area contributed by atoms with Crippen LogP contribution in [0.15, 0.2) is 66.7 Å². The minimum Gasteiger partial charge on any atom is -0.405 e. The zero-order valence-electron chi connectivity index (χ0n) is 16.0. The third-order valence-electron chi connectivity index (χ3n) is 6.38. The van der Waals surface area contributed by atoms with E-state index in [0.29, 0.717) is 0 Å². The van der Waals surface area contributed by atoms with Gasteiger partial charge in [0.15, 0.2) is 5.75 Å². The maximum atomic E-state index is 6.12. The fourth-order valence-electron chi connectivity index (χ4n) is 4.56. The predicted molar refractivity (Wildman–Crippen MR) is 109 cm³/mol. The van der Waals surface area contributed by atoms with Crippen molar-refractivity contribution in [2.45, 2.75) is 38.1 Å². The second-order valence-corrected chi connectivity index (χ2v) is 7.97. The molecule has 0 radical (unpaired) electrons. The average Bonchev–Trinajstić information content (AvgIpc) is 2.95. The van der Waals surface area contributed by atoms with Gasteiger partial charge in [-0.2, -0.15) is 0 Å². The highest BCUT2D eigenvalue weighted by atomic mass is 16.7. The number of hydroxylamine groups is 2. The van der Waals surface area contributed by atoms with Crippen molar-refractivity contribution in [3.05, 3.63) is 100 Å². The highest BCUT2D eigenvalue weighted by molar-refractivity contribution is 5.52. The van der Waals surface area contributed by atoms with Crippen LogP contribution in [0.1, 0.15) is 40.3 Å². The maximum Gasteiger partial charge on any atom is 0.153 e. The van der Waals surface area contributed by atoms with Gasteiger partial charge >= 0.3 is 0 Å². The molecule has 0 fully saturated rings. The Labute approximate surface area is 161 Å². The number of rotatable bonds is 1. The Hall–Kier alpha value is -2.58. The Bertz CT molecular complexity index is 991. The van der Waals surface area contributed by atoms with Crippen molar-refractivity contribution in [1.82, 2.24) is 5.06 Å². The lowest BCUT2D eigenvalue weighted by Gasteiger charge is -2.33. The van der Waals surface area contributed by atoms with E-state index in [1.165, 1.54) is 33.4 Å². The van der Waals surface area contributed by atoms with Crippen LogP contribution < -0.4 is 4.84 Å². The predicted octanol–water partition coefficient (Wildman–Crippen LogP) is 5.07. The summed E-state index contributed by atoms with van der Waals surface area (Å²) >= 11 is 0. The van der Waals surface area contributed by atoms with E-state index in [-0.39, 0.29) is 5.54 Å². The normalized spacial score (nSPS) is 21.4. The Kier molecular flexibility index (Phi) is 3.84. The minimum absolute atomic E-state index is 0.269. The van der Waals surface area contributed by atoms with Gasteiger partial charge in [-0.05, 0) is 66.5 Å². The Balaban J connectivity index is 1.65. The molecule has 4 aliphatic carbocycles. The van der Waals surface area contributed by atoms with E-state index >= 15 is 0 Å². The van der Waals surface area contributed by atoms with E-state index < -0.39 is 0 Å². The first-order valence-electron chi connectivity index (χ1n) is 9.86. The molecule has 5 aliphatic rings. The van der Waals surface area contributed by atoms with Crippen LogP contribution in [-0.2, 0) is 31.2 Å². The molecular formula is C25H25NO. The van der Waals surface area contributed by atoms with Gasteiger partial charge in [-0.25, -0.2) is 0 Å². The van der Waals surface area contributed by atoms with E-state index in [4.69, 9.17) is 4.84 Å². The van der Waals surface area contributed by atoms with Crippen molar-refractivity contribution in [1.29, 1.82) is 0 Å². The second-order valence-electron chi connectivity index (χ2n) is 7.97. The summed E-state index contributed by atoms with van der Waals surface area (Å²) in [4.78, 5) is 6.12. The second kappa shape index (κ2) is 6.24. The largest absolute Gasteiger partial charge is 0.405 e. The molecule has 2 nitrogen and oxygen atoms in total. The molecule has 0 amide bonds. The molecule has 1 atom stereocenters. The molecule has 8 rings (SSSR count). The number of hydrogen-bond donors (Lipinski definition) is 0. The smallest absolute Gasteiger partial charge is 0.153 e. The summed E-state index contributed by atoms with van der Waals surface area (Å²) in [5.41, 5.74) is 8.01. The monoisotopic (exact) mass is 355 g/mol. The van der Waals surface area contributed by atoms with Crippen LogP contribution in [-0.4, -0.2) is 12.1 Å². The van der Waals surface area contributed by atoms with Crippen LogP contribution in [0.25, 0.3) is 0 Å². The van der Waals surface area contributed by atoms with Gasteiger partial charge in [-0.1, -0.05) is 60.7 Å². The molecule has 1 heterocycles. The SMILES string of the molecule is CN1Oc2ccccc2[C@]1(C)c1cc2ccc1CCc1ccc(cc1)CC2. The van der Waals surface area contributed by atoms with Crippen LogP contribution in [0, 0.1) is 0 Å². The topological polar surface area (TPSA) is 12.5 Å². The quantitative estimate of drug-likeness (QED) is 0.604. The van der Waals surface area contributed by atoms with Crippen molar-refractivity contribution in [3.63, 3.8) is 0 Å². The Morgan fingerprint density at radius 1 is 0.741 bits per heavy atom. The van der Waals surface area contributed by atoms with Gasteiger partial charge in [0.25, 0.3) is 0 Å². The van der Waals surface area contributed by atoms with Gasteiger partial charge in [-0.15, -0.1) is 5.06 Å². The first kappa shape index (κ1) is 16.6. The van der Waals surface area contributed by atoms with Gasteiger partial charge in [0.1, 0.15) is 5.54 Å². The summed E-state index contributed by atoms with van der Waals surface area (Å²) in [5, 5.41) is 2.03. The molecule has 1 aliphatic heterocycles. The van der Waals surface area contributed by atoms with Crippen LogP contribution in [0.2, 0.25) is 0 Å².